The topological polar surface area (TPSA) is 113 Å². The van der Waals surface area contributed by atoms with Crippen LogP contribution in [0.4, 0.5) is 5.95 Å². The van der Waals surface area contributed by atoms with Gasteiger partial charge in [-0.25, -0.2) is 9.97 Å². The van der Waals surface area contributed by atoms with Crippen molar-refractivity contribution in [2.45, 2.75) is 38.8 Å². The Hall–Kier alpha value is -3.77. The van der Waals surface area contributed by atoms with E-state index in [1.54, 1.807) is 37.6 Å². The van der Waals surface area contributed by atoms with Crippen LogP contribution < -0.4 is 5.32 Å². The highest BCUT2D eigenvalue weighted by atomic mass is 16.5. The van der Waals surface area contributed by atoms with Gasteiger partial charge in [-0.2, -0.15) is 5.26 Å². The Labute approximate surface area is 192 Å². The lowest BCUT2D eigenvalue weighted by atomic mass is 10.1. The summed E-state index contributed by atoms with van der Waals surface area (Å²) >= 11 is 0. The molecule has 33 heavy (non-hydrogen) atoms. The Morgan fingerprint density at radius 3 is 2.88 bits per heavy atom. The van der Waals surface area contributed by atoms with Crippen molar-refractivity contribution in [2.75, 3.05) is 25.6 Å². The second-order valence-corrected chi connectivity index (χ2v) is 8.14. The fraction of sp³-hybridized carbons (Fsp3) is 0.375. The molecule has 0 bridgehead atoms. The van der Waals surface area contributed by atoms with E-state index in [0.717, 1.165) is 19.4 Å². The molecular formula is C24H26N6O3. The van der Waals surface area contributed by atoms with Crippen LogP contribution in [0.2, 0.25) is 0 Å². The SMILES string of the molecule is COCCCn1c(NC(=O)c2cccc(C#N)c2)nc2cc(C(=O)N3CCC[C@@H]3C)cnc21. The summed E-state index contributed by atoms with van der Waals surface area (Å²) in [7, 11) is 1.63. The molecule has 0 unspecified atom stereocenters. The molecule has 9 nitrogen and oxygen atoms in total. The third kappa shape index (κ3) is 4.71. The molecule has 0 radical (unpaired) electrons. The first-order valence-corrected chi connectivity index (χ1v) is 11.0. The summed E-state index contributed by atoms with van der Waals surface area (Å²) in [5, 5.41) is 11.9. The van der Waals surface area contributed by atoms with Crippen molar-refractivity contribution in [3.05, 3.63) is 53.2 Å². The molecule has 1 aliphatic heterocycles. The predicted molar refractivity (Wildman–Crippen MR) is 123 cm³/mol. The average molecular weight is 447 g/mol. The highest BCUT2D eigenvalue weighted by molar-refractivity contribution is 6.04. The summed E-state index contributed by atoms with van der Waals surface area (Å²) in [6, 6.07) is 10.4. The van der Waals surface area contributed by atoms with E-state index in [-0.39, 0.29) is 17.9 Å². The summed E-state index contributed by atoms with van der Waals surface area (Å²) in [4.78, 5) is 36.8. The van der Waals surface area contributed by atoms with Gasteiger partial charge < -0.3 is 9.64 Å². The molecule has 0 saturated carbocycles. The average Bonchev–Trinajstić information content (AvgIpc) is 3.41. The van der Waals surface area contributed by atoms with E-state index in [1.807, 2.05) is 15.5 Å². The number of hydrogen-bond donors (Lipinski definition) is 1. The first kappa shape index (κ1) is 22.4. The number of rotatable bonds is 7. The number of imidazole rings is 1. The number of carbonyl (C=O) groups excluding carboxylic acids is 2. The number of methoxy groups -OCH3 is 1. The second kappa shape index (κ2) is 9.79. The van der Waals surface area contributed by atoms with Crippen LogP contribution in [0.3, 0.4) is 0 Å². The number of ether oxygens (including phenoxy) is 1. The van der Waals surface area contributed by atoms with Crippen molar-refractivity contribution in [1.82, 2.24) is 19.4 Å². The molecule has 1 N–H and O–H groups in total. The fourth-order valence-corrected chi connectivity index (χ4v) is 4.11. The number of pyridine rings is 1. The van der Waals surface area contributed by atoms with E-state index in [0.29, 0.717) is 53.4 Å². The standard InChI is InChI=1S/C24H26N6O3/c1-16-6-4-9-29(16)23(32)19-13-20-21(26-15-19)30(10-5-11-33-2)24(27-20)28-22(31)18-8-3-7-17(12-18)14-25/h3,7-8,12-13,15-16H,4-6,9-11H2,1-2H3,(H,27,28,31)/t16-/m0/s1. The van der Waals surface area contributed by atoms with Gasteiger partial charge in [-0.15, -0.1) is 0 Å². The zero-order valence-corrected chi connectivity index (χ0v) is 18.7. The molecule has 1 atom stereocenters. The molecule has 1 aromatic carbocycles. The van der Waals surface area contributed by atoms with Crippen LogP contribution in [-0.4, -0.2) is 57.6 Å². The number of carbonyl (C=O) groups is 2. The van der Waals surface area contributed by atoms with Crippen LogP contribution in [0, 0.1) is 11.3 Å². The zero-order chi connectivity index (χ0) is 23.4. The summed E-state index contributed by atoms with van der Waals surface area (Å²) in [5.41, 5.74) is 2.36. The third-order valence-corrected chi connectivity index (χ3v) is 5.86. The largest absolute Gasteiger partial charge is 0.385 e. The monoisotopic (exact) mass is 446 g/mol. The Morgan fingerprint density at radius 1 is 1.30 bits per heavy atom. The van der Waals surface area contributed by atoms with Crippen LogP contribution in [0.1, 0.15) is 52.5 Å². The van der Waals surface area contributed by atoms with E-state index in [2.05, 4.69) is 22.2 Å². The van der Waals surface area contributed by atoms with Crippen LogP contribution in [0.25, 0.3) is 11.2 Å². The number of benzene rings is 1. The second-order valence-electron chi connectivity index (χ2n) is 8.14. The van der Waals surface area contributed by atoms with E-state index in [1.165, 1.54) is 6.07 Å². The molecule has 1 aliphatic rings. The molecule has 170 valence electrons. The van der Waals surface area contributed by atoms with Gasteiger partial charge in [-0.1, -0.05) is 6.07 Å². The number of anilines is 1. The highest BCUT2D eigenvalue weighted by Gasteiger charge is 2.27. The van der Waals surface area contributed by atoms with E-state index in [4.69, 9.17) is 10.00 Å². The maximum absolute atomic E-state index is 13.0. The van der Waals surface area contributed by atoms with Crippen LogP contribution in [0.15, 0.2) is 36.5 Å². The van der Waals surface area contributed by atoms with Gasteiger partial charge in [0.15, 0.2) is 5.65 Å². The molecule has 1 fully saturated rings. The zero-order valence-electron chi connectivity index (χ0n) is 18.7. The summed E-state index contributed by atoms with van der Waals surface area (Å²) in [5.74, 6) is -0.0973. The maximum atomic E-state index is 13.0. The highest BCUT2D eigenvalue weighted by Crippen LogP contribution is 2.23. The number of aryl methyl sites for hydroxylation is 1. The van der Waals surface area contributed by atoms with Crippen molar-refractivity contribution in [3.63, 3.8) is 0 Å². The lowest BCUT2D eigenvalue weighted by Crippen LogP contribution is -2.33. The number of nitrogens with one attached hydrogen (secondary N) is 1. The molecular weight excluding hydrogens is 420 g/mol. The Bertz CT molecular complexity index is 1230. The summed E-state index contributed by atoms with van der Waals surface area (Å²) in [6.07, 6.45) is 4.27. The fourth-order valence-electron chi connectivity index (χ4n) is 4.11. The lowest BCUT2D eigenvalue weighted by Gasteiger charge is -2.21. The molecule has 1 saturated heterocycles. The van der Waals surface area contributed by atoms with Crippen LogP contribution >= 0.6 is 0 Å². The van der Waals surface area contributed by atoms with E-state index < -0.39 is 0 Å². The van der Waals surface area contributed by atoms with Gasteiger partial charge >= 0.3 is 0 Å². The van der Waals surface area contributed by atoms with Gasteiger partial charge in [0.2, 0.25) is 5.95 Å². The van der Waals surface area contributed by atoms with Crippen molar-refractivity contribution >= 4 is 28.9 Å². The molecule has 0 spiro atoms. The minimum Gasteiger partial charge on any atom is -0.385 e. The van der Waals surface area contributed by atoms with Crippen molar-refractivity contribution in [1.29, 1.82) is 5.26 Å². The minimum atomic E-state index is -0.377. The number of hydrogen-bond acceptors (Lipinski definition) is 6. The van der Waals surface area contributed by atoms with Crippen LogP contribution in [-0.2, 0) is 11.3 Å². The van der Waals surface area contributed by atoms with Crippen molar-refractivity contribution in [3.8, 4) is 6.07 Å². The number of fused-ring (bicyclic) bond motifs is 1. The number of likely N-dealkylation sites (tertiary alicyclic amines) is 1. The quantitative estimate of drug-likeness (QED) is 0.558. The first-order valence-electron chi connectivity index (χ1n) is 11.0. The molecule has 0 aliphatic carbocycles. The van der Waals surface area contributed by atoms with E-state index >= 15 is 0 Å². The molecule has 2 aromatic heterocycles. The van der Waals surface area contributed by atoms with Crippen molar-refractivity contribution < 1.29 is 14.3 Å². The van der Waals surface area contributed by atoms with Gasteiger partial charge in [-0.3, -0.25) is 19.5 Å². The molecule has 9 heteroatoms. The predicted octanol–water partition coefficient (Wildman–Crippen LogP) is 3.22. The molecule has 4 rings (SSSR count). The smallest absolute Gasteiger partial charge is 0.258 e. The number of amides is 2. The summed E-state index contributed by atoms with van der Waals surface area (Å²) < 4.78 is 6.98. The van der Waals surface area contributed by atoms with Gasteiger partial charge in [0, 0.05) is 44.6 Å². The lowest BCUT2D eigenvalue weighted by molar-refractivity contribution is 0.0747. The first-order chi connectivity index (χ1) is 16.0. The minimum absolute atomic E-state index is 0.0535. The maximum Gasteiger partial charge on any atom is 0.258 e. The van der Waals surface area contributed by atoms with Gasteiger partial charge in [0.05, 0.1) is 17.2 Å². The Morgan fingerprint density at radius 2 is 2.15 bits per heavy atom. The normalized spacial score (nSPS) is 15.5. The van der Waals surface area contributed by atoms with Crippen LogP contribution in [0.5, 0.6) is 0 Å². The van der Waals surface area contributed by atoms with Gasteiger partial charge in [-0.05, 0) is 50.5 Å². The van der Waals surface area contributed by atoms with Crippen molar-refractivity contribution in [2.24, 2.45) is 0 Å². The van der Waals surface area contributed by atoms with E-state index in [9.17, 15) is 9.59 Å². The molecule has 3 aromatic rings. The summed E-state index contributed by atoms with van der Waals surface area (Å²) in [6.45, 7) is 3.87. The molecule has 3 heterocycles. The number of nitriles is 1. The Kier molecular flexibility index (Phi) is 6.66. The van der Waals surface area contributed by atoms with Gasteiger partial charge in [0.25, 0.3) is 11.8 Å². The third-order valence-electron chi connectivity index (χ3n) is 5.86. The Balaban J connectivity index is 1.66. The van der Waals surface area contributed by atoms with Gasteiger partial charge in [0.1, 0.15) is 5.52 Å². The number of nitrogens with zero attached hydrogens (tertiary/aromatic N) is 5. The molecule has 2 amide bonds. The number of aromatic nitrogens is 3.